The van der Waals surface area contributed by atoms with E-state index in [1.165, 1.54) is 37.5 Å². The number of aromatic nitrogens is 2. The van der Waals surface area contributed by atoms with Crippen molar-refractivity contribution in [1.29, 1.82) is 0 Å². The largest absolute Gasteiger partial charge is 0.367 e. The van der Waals surface area contributed by atoms with Crippen molar-refractivity contribution in [2.24, 2.45) is 11.3 Å². The molecule has 2 heterocycles. The Bertz CT molecular complexity index is 1240. The number of hydrogen-bond donors (Lipinski definition) is 2. The van der Waals surface area contributed by atoms with E-state index in [9.17, 15) is 17.6 Å². The highest BCUT2D eigenvalue weighted by Gasteiger charge is 2.31. The van der Waals surface area contributed by atoms with Gasteiger partial charge in [0.05, 0.1) is 5.56 Å². The third-order valence-electron chi connectivity index (χ3n) is 6.88. The average molecular weight is 531 g/mol. The fourth-order valence-corrected chi connectivity index (χ4v) is 5.75. The highest BCUT2D eigenvalue weighted by atomic mass is 32.2. The van der Waals surface area contributed by atoms with E-state index in [1.807, 2.05) is 31.6 Å². The molecule has 0 radical (unpaired) electrons. The second kappa shape index (κ2) is 11.3. The quantitative estimate of drug-likeness (QED) is 0.289. The summed E-state index contributed by atoms with van der Waals surface area (Å²) >= 11 is 0. The molecule has 2 atom stereocenters. The Labute approximate surface area is 220 Å². The van der Waals surface area contributed by atoms with Crippen LogP contribution >= 0.6 is 0 Å². The number of sulfonamides is 1. The first kappa shape index (κ1) is 28.8. The molecule has 9 heteroatoms. The summed E-state index contributed by atoms with van der Waals surface area (Å²) in [7, 11) is -4.34. The standard InChI is InChI=1S/C28H39FN4O3S/c1-7-9-20(13-12-19-16-17-28(5,6)18-19)30-23-10-8-11-24(32-23)37(35,36)33-26(34)21-14-15-22(27(2,3)4)31-25(21)29/h7-8,10-11,14-15,19-20H,1,9,12-13,16-18H2,2-6H3,(H,30,32)(H,33,34)/t19-,20?/m1/s1. The van der Waals surface area contributed by atoms with Crippen LogP contribution in [0.2, 0.25) is 0 Å². The summed E-state index contributed by atoms with van der Waals surface area (Å²) in [4.78, 5) is 20.7. The molecule has 1 saturated carbocycles. The number of rotatable bonds is 10. The molecule has 37 heavy (non-hydrogen) atoms. The number of anilines is 1. The number of halogens is 1. The van der Waals surface area contributed by atoms with Crippen molar-refractivity contribution in [3.05, 3.63) is 60.2 Å². The van der Waals surface area contributed by atoms with Crippen LogP contribution in [-0.2, 0) is 15.4 Å². The SMILES string of the molecule is C=CCC(CC[C@@H]1CCC(C)(C)C1)Nc1cccc(S(=O)(=O)NC(=O)c2ccc(C(C)(C)C)nc2F)n1. The number of carbonyl (C=O) groups is 1. The molecule has 1 amide bonds. The van der Waals surface area contributed by atoms with Crippen LogP contribution in [0.4, 0.5) is 10.2 Å². The smallest absolute Gasteiger partial charge is 0.281 e. The van der Waals surface area contributed by atoms with Gasteiger partial charge in [-0.05, 0) is 74.1 Å². The molecule has 0 bridgehead atoms. The highest BCUT2D eigenvalue weighted by Crippen LogP contribution is 2.43. The number of carbonyl (C=O) groups excluding carboxylic acids is 1. The lowest BCUT2D eigenvalue weighted by Gasteiger charge is -2.21. The van der Waals surface area contributed by atoms with Gasteiger partial charge >= 0.3 is 0 Å². The van der Waals surface area contributed by atoms with Crippen LogP contribution in [0.15, 0.2) is 48.0 Å². The summed E-state index contributed by atoms with van der Waals surface area (Å²) in [6.45, 7) is 14.1. The van der Waals surface area contributed by atoms with Gasteiger partial charge in [0.2, 0.25) is 5.95 Å². The molecular weight excluding hydrogens is 491 g/mol. The third kappa shape index (κ3) is 7.84. The summed E-state index contributed by atoms with van der Waals surface area (Å²) < 4.78 is 42.2. The second-order valence-corrected chi connectivity index (χ2v) is 13.4. The van der Waals surface area contributed by atoms with Crippen molar-refractivity contribution in [1.82, 2.24) is 14.7 Å². The minimum atomic E-state index is -4.34. The van der Waals surface area contributed by atoms with Gasteiger partial charge in [-0.3, -0.25) is 4.79 Å². The lowest BCUT2D eigenvalue weighted by Crippen LogP contribution is -2.32. The van der Waals surface area contributed by atoms with Gasteiger partial charge < -0.3 is 5.32 Å². The van der Waals surface area contributed by atoms with Crippen LogP contribution in [0.25, 0.3) is 0 Å². The Hall–Kier alpha value is -2.81. The summed E-state index contributed by atoms with van der Waals surface area (Å²) in [5.41, 5.74) is -0.0207. The van der Waals surface area contributed by atoms with Gasteiger partial charge in [-0.2, -0.15) is 12.8 Å². The normalized spacial score (nSPS) is 18.3. The van der Waals surface area contributed by atoms with Crippen LogP contribution in [0.3, 0.4) is 0 Å². The van der Waals surface area contributed by atoms with Crippen molar-refractivity contribution in [3.63, 3.8) is 0 Å². The molecule has 1 fully saturated rings. The molecule has 7 nitrogen and oxygen atoms in total. The fraction of sp³-hybridized carbons (Fsp3) is 0.536. The van der Waals surface area contributed by atoms with Gasteiger partial charge in [0.25, 0.3) is 15.9 Å². The minimum absolute atomic E-state index is 0.0581. The highest BCUT2D eigenvalue weighted by molar-refractivity contribution is 7.90. The van der Waals surface area contributed by atoms with Crippen LogP contribution in [0.5, 0.6) is 0 Å². The maximum Gasteiger partial charge on any atom is 0.281 e. The zero-order valence-corrected chi connectivity index (χ0v) is 23.3. The van der Waals surface area contributed by atoms with E-state index >= 15 is 0 Å². The first-order chi connectivity index (χ1) is 17.2. The predicted molar refractivity (Wildman–Crippen MR) is 144 cm³/mol. The number of hydrogen-bond acceptors (Lipinski definition) is 6. The summed E-state index contributed by atoms with van der Waals surface area (Å²) in [6, 6.07) is 7.34. The number of nitrogens with zero attached hydrogens (tertiary/aromatic N) is 2. The van der Waals surface area contributed by atoms with Gasteiger partial charge in [-0.15, -0.1) is 6.58 Å². The van der Waals surface area contributed by atoms with Gasteiger partial charge in [0.1, 0.15) is 5.82 Å². The topological polar surface area (TPSA) is 101 Å². The number of amides is 1. The van der Waals surface area contributed by atoms with Gasteiger partial charge in [-0.1, -0.05) is 46.8 Å². The van der Waals surface area contributed by atoms with E-state index < -0.39 is 32.9 Å². The van der Waals surface area contributed by atoms with Gasteiger partial charge in [0, 0.05) is 17.2 Å². The van der Waals surface area contributed by atoms with E-state index in [4.69, 9.17) is 0 Å². The maximum absolute atomic E-state index is 14.5. The van der Waals surface area contributed by atoms with E-state index in [1.54, 1.807) is 12.1 Å². The van der Waals surface area contributed by atoms with Crippen molar-refractivity contribution >= 4 is 21.7 Å². The summed E-state index contributed by atoms with van der Waals surface area (Å²) in [5.74, 6) is -1.06. The molecular formula is C28H39FN4O3S. The zero-order valence-electron chi connectivity index (χ0n) is 22.5. The molecule has 1 unspecified atom stereocenters. The minimum Gasteiger partial charge on any atom is -0.367 e. The fourth-order valence-electron chi connectivity index (χ4n) is 4.82. The predicted octanol–water partition coefficient (Wildman–Crippen LogP) is 6.00. The monoisotopic (exact) mass is 530 g/mol. The molecule has 0 aliphatic heterocycles. The second-order valence-electron chi connectivity index (χ2n) is 11.8. The Kier molecular flexibility index (Phi) is 8.78. The Balaban J connectivity index is 1.69. The Morgan fingerprint density at radius 2 is 1.97 bits per heavy atom. The van der Waals surface area contributed by atoms with Crippen LogP contribution in [0, 0.1) is 17.3 Å². The van der Waals surface area contributed by atoms with E-state index in [2.05, 4.69) is 35.7 Å². The summed E-state index contributed by atoms with van der Waals surface area (Å²) in [6.07, 6.45) is 8.23. The van der Waals surface area contributed by atoms with E-state index in [0.717, 1.165) is 12.8 Å². The first-order valence-corrected chi connectivity index (χ1v) is 14.3. The zero-order chi connectivity index (χ0) is 27.4. The molecule has 202 valence electrons. The lowest BCUT2D eigenvalue weighted by molar-refractivity contribution is 0.0976. The van der Waals surface area contributed by atoms with Crippen LogP contribution < -0.4 is 10.0 Å². The number of nitrogens with one attached hydrogen (secondary N) is 2. The third-order valence-corrected chi connectivity index (χ3v) is 8.12. The molecule has 0 spiro atoms. The molecule has 2 aromatic heterocycles. The summed E-state index contributed by atoms with van der Waals surface area (Å²) in [5, 5.41) is 2.99. The van der Waals surface area contributed by atoms with Crippen LogP contribution in [-0.4, -0.2) is 30.3 Å². The molecule has 1 aliphatic rings. The van der Waals surface area contributed by atoms with Gasteiger partial charge in [0.15, 0.2) is 5.03 Å². The molecule has 2 N–H and O–H groups in total. The molecule has 1 aliphatic carbocycles. The van der Waals surface area contributed by atoms with Gasteiger partial charge in [-0.25, -0.2) is 14.7 Å². The molecule has 2 aromatic rings. The van der Waals surface area contributed by atoms with E-state index in [0.29, 0.717) is 29.3 Å². The van der Waals surface area contributed by atoms with Crippen molar-refractivity contribution in [3.8, 4) is 0 Å². The maximum atomic E-state index is 14.5. The average Bonchev–Trinajstić information content (AvgIpc) is 3.15. The lowest BCUT2D eigenvalue weighted by atomic mass is 9.89. The van der Waals surface area contributed by atoms with E-state index in [-0.39, 0.29) is 11.1 Å². The molecule has 0 saturated heterocycles. The molecule has 0 aromatic carbocycles. The molecule has 3 rings (SSSR count). The van der Waals surface area contributed by atoms with Crippen molar-refractivity contribution in [2.45, 2.75) is 89.6 Å². The van der Waals surface area contributed by atoms with Crippen molar-refractivity contribution in [2.75, 3.05) is 5.32 Å². The number of pyridine rings is 2. The Morgan fingerprint density at radius 1 is 1.24 bits per heavy atom. The van der Waals surface area contributed by atoms with Crippen molar-refractivity contribution < 1.29 is 17.6 Å². The first-order valence-electron chi connectivity index (χ1n) is 12.8. The Morgan fingerprint density at radius 3 is 2.57 bits per heavy atom. The van der Waals surface area contributed by atoms with Crippen LogP contribution in [0.1, 0.15) is 89.2 Å².